The molecule has 0 aromatic heterocycles. The van der Waals surface area contributed by atoms with Gasteiger partial charge in [0.25, 0.3) is 0 Å². The quantitative estimate of drug-likeness (QED) is 0.903. The first-order valence-corrected chi connectivity index (χ1v) is 6.07. The topological polar surface area (TPSA) is 21.3 Å². The molecule has 2 nitrogen and oxygen atoms in total. The average molecular weight is 321 g/mol. The van der Waals surface area contributed by atoms with Crippen molar-refractivity contribution in [1.29, 1.82) is 0 Å². The minimum Gasteiger partial charge on any atom is -0.496 e. The number of methoxy groups -OCH3 is 1. The van der Waals surface area contributed by atoms with Crippen LogP contribution in [0.15, 0.2) is 21.1 Å². The van der Waals surface area contributed by atoms with E-state index in [1.54, 1.807) is 7.11 Å². The van der Waals surface area contributed by atoms with Crippen molar-refractivity contribution in [2.45, 2.75) is 12.5 Å². The highest BCUT2D eigenvalue weighted by Gasteiger charge is 2.22. The molecule has 1 atom stereocenters. The second-order valence-corrected chi connectivity index (χ2v) is 5.01. The molecule has 1 aliphatic rings. The van der Waals surface area contributed by atoms with Gasteiger partial charge in [-0.3, -0.25) is 0 Å². The van der Waals surface area contributed by atoms with Crippen LogP contribution in [0.25, 0.3) is 0 Å². The summed E-state index contributed by atoms with van der Waals surface area (Å²) in [6.45, 7) is 1.11. The van der Waals surface area contributed by atoms with Crippen molar-refractivity contribution in [3.05, 3.63) is 26.6 Å². The lowest BCUT2D eigenvalue weighted by atomic mass is 9.98. The number of hydrogen-bond acceptors (Lipinski definition) is 2. The summed E-state index contributed by atoms with van der Waals surface area (Å²) in [5.74, 6) is 0.886. The van der Waals surface area contributed by atoms with Gasteiger partial charge in [0, 0.05) is 10.5 Å². The molecule has 1 N–H and O–H groups in total. The largest absolute Gasteiger partial charge is 0.496 e. The van der Waals surface area contributed by atoms with E-state index in [0.717, 1.165) is 21.2 Å². The molecule has 1 aromatic carbocycles. The Morgan fingerprint density at radius 2 is 2.07 bits per heavy atom. The summed E-state index contributed by atoms with van der Waals surface area (Å²) < 4.78 is 7.37. The van der Waals surface area contributed by atoms with Gasteiger partial charge in [0.2, 0.25) is 0 Å². The predicted octanol–water partition coefficient (Wildman–Crippen LogP) is 3.25. The summed E-state index contributed by atoms with van der Waals surface area (Å²) in [5, 5.41) is 3.37. The molecule has 1 saturated heterocycles. The molecular formula is C10H11Br2NO. The second-order valence-electron chi connectivity index (χ2n) is 3.30. The zero-order chi connectivity index (χ0) is 10.1. The van der Waals surface area contributed by atoms with Gasteiger partial charge in [0.1, 0.15) is 5.75 Å². The van der Waals surface area contributed by atoms with Crippen LogP contribution in [0, 0.1) is 0 Å². The van der Waals surface area contributed by atoms with Gasteiger partial charge >= 0.3 is 0 Å². The van der Waals surface area contributed by atoms with E-state index in [0.29, 0.717) is 6.04 Å². The molecule has 1 fully saturated rings. The van der Waals surface area contributed by atoms with Crippen molar-refractivity contribution in [2.75, 3.05) is 13.7 Å². The van der Waals surface area contributed by atoms with Crippen molar-refractivity contribution in [3.63, 3.8) is 0 Å². The molecule has 1 aromatic rings. The van der Waals surface area contributed by atoms with Crippen LogP contribution in [-0.2, 0) is 0 Å². The van der Waals surface area contributed by atoms with E-state index in [1.807, 2.05) is 6.07 Å². The Labute approximate surface area is 100 Å². The molecule has 4 heteroatoms. The van der Waals surface area contributed by atoms with Crippen LogP contribution in [0.2, 0.25) is 0 Å². The Morgan fingerprint density at radius 3 is 2.57 bits per heavy atom. The summed E-state index contributed by atoms with van der Waals surface area (Å²) in [6.07, 6.45) is 1.20. The Kier molecular flexibility index (Phi) is 3.14. The zero-order valence-electron chi connectivity index (χ0n) is 7.81. The van der Waals surface area contributed by atoms with E-state index in [-0.39, 0.29) is 0 Å². The molecule has 2 rings (SSSR count). The Balaban J connectivity index is 2.38. The molecule has 0 radical (unpaired) electrons. The lowest BCUT2D eigenvalue weighted by molar-refractivity contribution is 0.376. The maximum atomic E-state index is 5.26. The lowest BCUT2D eigenvalue weighted by Crippen LogP contribution is -2.35. The molecule has 0 saturated carbocycles. The highest BCUT2D eigenvalue weighted by Crippen LogP contribution is 2.36. The maximum Gasteiger partial charge on any atom is 0.133 e. The van der Waals surface area contributed by atoms with E-state index >= 15 is 0 Å². The summed E-state index contributed by atoms with van der Waals surface area (Å²) in [4.78, 5) is 0. The molecule has 1 aliphatic heterocycles. The highest BCUT2D eigenvalue weighted by atomic mass is 79.9. The van der Waals surface area contributed by atoms with Gasteiger partial charge in [0.05, 0.1) is 11.6 Å². The molecule has 0 unspecified atom stereocenters. The molecule has 0 bridgehead atoms. The predicted molar refractivity (Wildman–Crippen MR) is 63.8 cm³/mol. The van der Waals surface area contributed by atoms with Crippen molar-refractivity contribution in [1.82, 2.24) is 5.32 Å². The molecule has 0 aliphatic carbocycles. The van der Waals surface area contributed by atoms with Crippen LogP contribution < -0.4 is 10.1 Å². The molecule has 0 amide bonds. The Hall–Kier alpha value is -0.0600. The molecule has 14 heavy (non-hydrogen) atoms. The lowest BCUT2D eigenvalue weighted by Gasteiger charge is -2.29. The third-order valence-electron chi connectivity index (χ3n) is 2.47. The summed E-state index contributed by atoms with van der Waals surface area (Å²) >= 11 is 7.02. The number of rotatable bonds is 2. The minimum atomic E-state index is 0.478. The first-order chi connectivity index (χ1) is 6.72. The first-order valence-electron chi connectivity index (χ1n) is 4.48. The van der Waals surface area contributed by atoms with Crippen LogP contribution in [0.3, 0.4) is 0 Å². The fourth-order valence-electron chi connectivity index (χ4n) is 1.52. The van der Waals surface area contributed by atoms with E-state index in [1.165, 1.54) is 12.0 Å². The van der Waals surface area contributed by atoms with Crippen molar-refractivity contribution >= 4 is 31.9 Å². The third kappa shape index (κ3) is 1.83. The number of nitrogens with one attached hydrogen (secondary N) is 1. The van der Waals surface area contributed by atoms with Gasteiger partial charge in [-0.2, -0.15) is 0 Å². The van der Waals surface area contributed by atoms with Crippen LogP contribution >= 0.6 is 31.9 Å². The normalized spacial score (nSPS) is 20.4. The Bertz CT molecular complexity index is 350. The standard InChI is InChI=1S/C10H11Br2NO/c1-14-10-4-6(9-2-3-13-9)7(11)5-8(10)12/h4-5,9,13H,2-3H2,1H3/t9-/m0/s1. The number of halogens is 2. The van der Waals surface area contributed by atoms with Gasteiger partial charge in [-0.1, -0.05) is 15.9 Å². The minimum absolute atomic E-state index is 0.478. The molecule has 0 spiro atoms. The smallest absolute Gasteiger partial charge is 0.133 e. The van der Waals surface area contributed by atoms with Crippen molar-refractivity contribution < 1.29 is 4.74 Å². The maximum absolute atomic E-state index is 5.26. The zero-order valence-corrected chi connectivity index (χ0v) is 11.0. The molecular weight excluding hydrogens is 310 g/mol. The monoisotopic (exact) mass is 319 g/mol. The second kappa shape index (κ2) is 4.21. The fourth-order valence-corrected chi connectivity index (χ4v) is 2.95. The third-order valence-corrected chi connectivity index (χ3v) is 3.78. The highest BCUT2D eigenvalue weighted by molar-refractivity contribution is 9.11. The summed E-state index contributed by atoms with van der Waals surface area (Å²) in [5.41, 5.74) is 1.27. The van der Waals surface area contributed by atoms with Gasteiger partial charge in [-0.15, -0.1) is 0 Å². The molecule has 1 heterocycles. The SMILES string of the molecule is COc1cc([C@@H]2CCN2)c(Br)cc1Br. The fraction of sp³-hybridized carbons (Fsp3) is 0.400. The van der Waals surface area contributed by atoms with Crippen LogP contribution in [0.5, 0.6) is 5.75 Å². The first kappa shape index (κ1) is 10.5. The van der Waals surface area contributed by atoms with E-state index in [9.17, 15) is 0 Å². The van der Waals surface area contributed by atoms with Gasteiger partial charge in [-0.25, -0.2) is 0 Å². The summed E-state index contributed by atoms with van der Waals surface area (Å²) in [7, 11) is 1.69. The van der Waals surface area contributed by atoms with Gasteiger partial charge in [-0.05, 0) is 46.6 Å². The average Bonchev–Trinajstić information content (AvgIpc) is 2.06. The van der Waals surface area contributed by atoms with Gasteiger partial charge in [0.15, 0.2) is 0 Å². The molecule has 76 valence electrons. The number of benzene rings is 1. The van der Waals surface area contributed by atoms with Crippen molar-refractivity contribution in [3.8, 4) is 5.75 Å². The summed E-state index contributed by atoms with van der Waals surface area (Å²) in [6, 6.07) is 4.59. The van der Waals surface area contributed by atoms with Gasteiger partial charge < -0.3 is 10.1 Å². The van der Waals surface area contributed by atoms with Crippen LogP contribution in [0.1, 0.15) is 18.0 Å². The Morgan fingerprint density at radius 1 is 1.36 bits per heavy atom. The van der Waals surface area contributed by atoms with E-state index < -0.39 is 0 Å². The number of hydrogen-bond donors (Lipinski definition) is 1. The van der Waals surface area contributed by atoms with Crippen LogP contribution in [-0.4, -0.2) is 13.7 Å². The van der Waals surface area contributed by atoms with E-state index in [2.05, 4.69) is 43.2 Å². The van der Waals surface area contributed by atoms with Crippen molar-refractivity contribution in [2.24, 2.45) is 0 Å². The number of ether oxygens (including phenoxy) is 1. The van der Waals surface area contributed by atoms with Crippen LogP contribution in [0.4, 0.5) is 0 Å². The van der Waals surface area contributed by atoms with E-state index in [4.69, 9.17) is 4.74 Å².